The fraction of sp³-hybridized carbons (Fsp3) is 0.850. The minimum atomic E-state index is -2.16. The molecule has 0 aromatic carbocycles. The second-order valence-electron chi connectivity index (χ2n) is 10.3. The molecule has 0 aliphatic rings. The Labute approximate surface area is 187 Å². The van der Waals surface area contributed by atoms with Gasteiger partial charge in [0.1, 0.15) is 12.1 Å². The van der Waals surface area contributed by atoms with E-state index in [1.54, 1.807) is 20.8 Å². The lowest BCUT2D eigenvalue weighted by molar-refractivity contribution is -0.139. The molecule has 0 aromatic heterocycles. The van der Waals surface area contributed by atoms with E-state index in [2.05, 4.69) is 39.3 Å². The number of likely N-dealkylation sites (N-methyl/N-ethyl adjacent to an activating group) is 1. The molecule has 0 aromatic rings. The molecular weight excluding hydrogens is 420 g/mol. The first-order chi connectivity index (χ1) is 13.8. The summed E-state index contributed by atoms with van der Waals surface area (Å²) in [5, 5.41) is 11.0. The lowest BCUT2D eigenvalue weighted by Gasteiger charge is -2.39. The Morgan fingerprint density at radius 3 is 2.13 bits per heavy atom. The first kappa shape index (κ1) is 29.3. The van der Waals surface area contributed by atoms with E-state index in [9.17, 15) is 14.4 Å². The van der Waals surface area contributed by atoms with Gasteiger partial charge in [0.2, 0.25) is 5.91 Å². The molecule has 182 valence electrons. The summed E-state index contributed by atoms with van der Waals surface area (Å²) in [4.78, 5) is 35.2. The van der Waals surface area contributed by atoms with Crippen LogP contribution in [-0.2, 0) is 18.8 Å². The number of carbonyl (C=O) groups excluding carboxylic acids is 2. The van der Waals surface area contributed by atoms with Gasteiger partial charge in [0.15, 0.2) is 8.32 Å². The van der Waals surface area contributed by atoms with Crippen molar-refractivity contribution in [2.24, 2.45) is 5.84 Å². The number of hydrogen-bond acceptors (Lipinski definition) is 7. The van der Waals surface area contributed by atoms with Crippen molar-refractivity contribution < 1.29 is 28.7 Å². The summed E-state index contributed by atoms with van der Waals surface area (Å²) in [6.07, 6.45) is 0.119. The quantitative estimate of drug-likeness (QED) is 0.185. The highest BCUT2D eigenvalue weighted by atomic mass is 28.4. The molecule has 0 bridgehead atoms. The van der Waals surface area contributed by atoms with Crippen LogP contribution in [-0.4, -0.2) is 73.3 Å². The molecule has 11 heteroatoms. The summed E-state index contributed by atoms with van der Waals surface area (Å²) in [7, 11) is -0.667. The summed E-state index contributed by atoms with van der Waals surface area (Å²) >= 11 is 0. The number of ether oxygens (including phenoxy) is 1. The van der Waals surface area contributed by atoms with E-state index in [-0.39, 0.29) is 36.6 Å². The number of hydrogen-bond donors (Lipinski definition) is 3. The van der Waals surface area contributed by atoms with Crippen molar-refractivity contribution in [1.82, 2.24) is 15.4 Å². The molecule has 0 aliphatic heterocycles. The van der Waals surface area contributed by atoms with E-state index in [0.29, 0.717) is 12.8 Å². The van der Waals surface area contributed by atoms with Gasteiger partial charge in [0.05, 0.1) is 12.5 Å². The van der Waals surface area contributed by atoms with Crippen molar-refractivity contribution in [3.8, 4) is 0 Å². The van der Waals surface area contributed by atoms with Gasteiger partial charge in [-0.1, -0.05) is 20.8 Å². The number of aliphatic carboxylic acids is 1. The molecule has 0 spiro atoms. The molecule has 0 radical (unpaired) electrons. The number of nitrogens with one attached hydrogen (secondary N) is 1. The number of carbonyl (C=O) groups is 3. The Morgan fingerprint density at radius 2 is 1.68 bits per heavy atom. The van der Waals surface area contributed by atoms with Crippen LogP contribution in [0.4, 0.5) is 4.79 Å². The van der Waals surface area contributed by atoms with Gasteiger partial charge in [-0.3, -0.25) is 15.0 Å². The predicted octanol–water partition coefficient (Wildman–Crippen LogP) is 2.71. The highest BCUT2D eigenvalue weighted by molar-refractivity contribution is 6.74. The summed E-state index contributed by atoms with van der Waals surface area (Å²) < 4.78 is 11.7. The predicted molar refractivity (Wildman–Crippen MR) is 121 cm³/mol. The molecule has 0 saturated carbocycles. The molecule has 0 rings (SSSR count). The number of nitrogens with zero attached hydrogens (tertiary/aromatic N) is 2. The molecule has 2 amide bonds. The third-order valence-electron chi connectivity index (χ3n) is 4.92. The first-order valence-corrected chi connectivity index (χ1v) is 13.4. The van der Waals surface area contributed by atoms with Gasteiger partial charge >= 0.3 is 12.1 Å². The monoisotopic (exact) mass is 462 g/mol. The van der Waals surface area contributed by atoms with E-state index in [1.807, 2.05) is 0 Å². The van der Waals surface area contributed by atoms with Gasteiger partial charge in [-0.2, -0.15) is 0 Å². The fourth-order valence-corrected chi connectivity index (χ4v) is 3.79. The van der Waals surface area contributed by atoms with E-state index in [0.717, 1.165) is 5.01 Å². The van der Waals surface area contributed by atoms with E-state index < -0.39 is 26.0 Å². The van der Waals surface area contributed by atoms with Crippen molar-refractivity contribution in [3.63, 3.8) is 0 Å². The average Bonchev–Trinajstić information content (AvgIpc) is 2.50. The van der Waals surface area contributed by atoms with Crippen LogP contribution < -0.4 is 11.3 Å². The van der Waals surface area contributed by atoms with Crippen molar-refractivity contribution in [1.29, 1.82) is 0 Å². The van der Waals surface area contributed by atoms with Gasteiger partial charge in [-0.05, 0) is 51.7 Å². The maximum absolute atomic E-state index is 12.4. The first-order valence-electron chi connectivity index (χ1n) is 10.5. The van der Waals surface area contributed by atoms with Gasteiger partial charge in [-0.25, -0.2) is 20.7 Å². The highest BCUT2D eigenvalue weighted by Crippen LogP contribution is 2.38. The van der Waals surface area contributed by atoms with Crippen LogP contribution >= 0.6 is 0 Å². The lowest BCUT2D eigenvalue weighted by Crippen LogP contribution is -2.47. The summed E-state index contributed by atoms with van der Waals surface area (Å²) in [6.45, 7) is 15.8. The largest absolute Gasteiger partial charge is 0.480 e. The summed E-state index contributed by atoms with van der Waals surface area (Å²) in [5.41, 5.74) is 1.91. The molecule has 0 heterocycles. The van der Waals surface area contributed by atoms with Crippen LogP contribution in [0.25, 0.3) is 0 Å². The van der Waals surface area contributed by atoms with Crippen LogP contribution in [0.1, 0.15) is 60.8 Å². The maximum Gasteiger partial charge on any atom is 0.424 e. The summed E-state index contributed by atoms with van der Waals surface area (Å²) in [5.74, 6) is 4.44. The van der Waals surface area contributed by atoms with E-state index >= 15 is 0 Å². The molecule has 31 heavy (non-hydrogen) atoms. The average molecular weight is 463 g/mol. The van der Waals surface area contributed by atoms with Gasteiger partial charge in [0, 0.05) is 13.6 Å². The van der Waals surface area contributed by atoms with Crippen LogP contribution in [0.5, 0.6) is 0 Å². The molecule has 0 aliphatic carbocycles. The maximum atomic E-state index is 12.4. The molecule has 0 fully saturated rings. The van der Waals surface area contributed by atoms with Crippen LogP contribution in [0, 0.1) is 0 Å². The van der Waals surface area contributed by atoms with Gasteiger partial charge < -0.3 is 14.3 Å². The Balaban J connectivity index is 5.02. The second-order valence-corrected chi connectivity index (χ2v) is 15.1. The number of rotatable bonds is 11. The smallest absolute Gasteiger partial charge is 0.424 e. The molecule has 10 nitrogen and oxygen atoms in total. The Hall–Kier alpha value is -1.69. The minimum absolute atomic E-state index is 0.0434. The Kier molecular flexibility index (Phi) is 11.1. The minimum Gasteiger partial charge on any atom is -0.480 e. The zero-order valence-electron chi connectivity index (χ0n) is 20.6. The molecule has 4 N–H and O–H groups in total. The number of carboxylic acid groups (broad SMARTS) is 1. The fourth-order valence-electron chi connectivity index (χ4n) is 2.40. The standard InChI is InChI=1S/C20H42N4O6Si/c1-19(2,3)29-18(28)24(21)12-10-11-15(30-31(8,9)20(4,5)6)13-16(25)22-23(7)14-17(26)27/h15H,10-14,21H2,1-9H3,(H,22,25)(H,26,27)/t15-/m1/s1. The normalized spacial score (nSPS) is 13.6. The van der Waals surface area contributed by atoms with Crippen LogP contribution in [0.15, 0.2) is 0 Å². The molecule has 1 atom stereocenters. The summed E-state index contributed by atoms with van der Waals surface area (Å²) in [6, 6.07) is 0. The van der Waals surface area contributed by atoms with Gasteiger partial charge in [0.25, 0.3) is 0 Å². The topological polar surface area (TPSA) is 134 Å². The zero-order chi connectivity index (χ0) is 24.6. The van der Waals surface area contributed by atoms with E-state index in [1.165, 1.54) is 12.1 Å². The van der Waals surface area contributed by atoms with Crippen molar-refractivity contribution in [2.45, 2.75) is 90.6 Å². The van der Waals surface area contributed by atoms with E-state index in [4.69, 9.17) is 20.1 Å². The molecular formula is C20H42N4O6Si. The third-order valence-corrected chi connectivity index (χ3v) is 9.46. The van der Waals surface area contributed by atoms with Crippen LogP contribution in [0.2, 0.25) is 18.1 Å². The number of hydrazine groups is 2. The molecule has 0 unspecified atom stereocenters. The van der Waals surface area contributed by atoms with Crippen molar-refractivity contribution in [2.75, 3.05) is 20.1 Å². The Bertz CT molecular complexity index is 616. The lowest BCUT2D eigenvalue weighted by atomic mass is 10.1. The number of carboxylic acids is 1. The van der Waals surface area contributed by atoms with Crippen LogP contribution in [0.3, 0.4) is 0 Å². The SMILES string of the molecule is CN(CC(=O)O)NC(=O)C[C@@H](CCCN(N)C(=O)OC(C)(C)C)O[Si](C)(C)C(C)(C)C. The number of amides is 2. The zero-order valence-corrected chi connectivity index (χ0v) is 21.6. The third kappa shape index (κ3) is 12.7. The number of nitrogens with two attached hydrogens (primary N) is 1. The molecule has 0 saturated heterocycles. The Morgan fingerprint density at radius 1 is 1.13 bits per heavy atom. The van der Waals surface area contributed by atoms with Crippen molar-refractivity contribution in [3.05, 3.63) is 0 Å². The van der Waals surface area contributed by atoms with Crippen molar-refractivity contribution >= 4 is 26.3 Å². The second kappa shape index (κ2) is 11.8. The van der Waals surface area contributed by atoms with Gasteiger partial charge in [-0.15, -0.1) is 0 Å². The highest BCUT2D eigenvalue weighted by Gasteiger charge is 2.39.